The number of aliphatic hydroxyl groups is 1. The highest BCUT2D eigenvalue weighted by Crippen LogP contribution is 2.37. The zero-order chi connectivity index (χ0) is 13.3. The number of hydrogen-bond donors (Lipinski definition) is 1. The lowest BCUT2D eigenvalue weighted by Gasteiger charge is -1.97. The Morgan fingerprint density at radius 3 is 2.44 bits per heavy atom. The van der Waals surface area contributed by atoms with E-state index in [1.165, 1.54) is 37.3 Å². The maximum Gasteiger partial charge on any atom is 0.231 e. The number of aliphatic hydroxyl groups excluding tert-OH is 1. The molecule has 0 fully saturated rings. The minimum Gasteiger partial charge on any atom is -0.506 e. The fourth-order valence-electron chi connectivity index (χ4n) is 1.54. The van der Waals surface area contributed by atoms with Crippen LogP contribution in [0.5, 0.6) is 0 Å². The van der Waals surface area contributed by atoms with Gasteiger partial charge in [-0.05, 0) is 42.5 Å². The molecule has 0 spiro atoms. The Morgan fingerprint density at radius 1 is 1.33 bits per heavy atom. The lowest BCUT2D eigenvalue weighted by molar-refractivity contribution is -0.116. The van der Waals surface area contributed by atoms with Gasteiger partial charge in [0.1, 0.15) is 17.1 Å². The van der Waals surface area contributed by atoms with E-state index in [0.717, 1.165) is 11.8 Å². The molecule has 2 rings (SSSR count). The lowest BCUT2D eigenvalue weighted by atomic mass is 10.1. The largest absolute Gasteiger partial charge is 0.506 e. The summed E-state index contributed by atoms with van der Waals surface area (Å²) in [4.78, 5) is 23.0. The molecule has 0 saturated carbocycles. The summed E-state index contributed by atoms with van der Waals surface area (Å²) in [6.45, 7) is 1.23. The number of carbonyl (C=O) groups is 2. The Labute approximate surface area is 107 Å². The zero-order valence-corrected chi connectivity index (χ0v) is 10.3. The maximum absolute atomic E-state index is 12.7. The van der Waals surface area contributed by atoms with Crippen molar-refractivity contribution in [1.82, 2.24) is 0 Å². The second kappa shape index (κ2) is 4.78. The first-order valence-electron chi connectivity index (χ1n) is 5.13. The first kappa shape index (κ1) is 12.6. The van der Waals surface area contributed by atoms with Gasteiger partial charge in [0.05, 0.1) is 4.91 Å². The Bertz CT molecular complexity index is 585. The van der Waals surface area contributed by atoms with Gasteiger partial charge in [0.25, 0.3) is 0 Å². The molecule has 1 aromatic rings. The topological polar surface area (TPSA) is 54.4 Å². The van der Waals surface area contributed by atoms with Crippen molar-refractivity contribution in [3.05, 3.63) is 51.9 Å². The molecule has 0 amide bonds. The molecular weight excluding hydrogens is 255 g/mol. The van der Waals surface area contributed by atoms with Crippen molar-refractivity contribution < 1.29 is 19.1 Å². The molecule has 0 unspecified atom stereocenters. The highest BCUT2D eigenvalue weighted by atomic mass is 32.2. The van der Waals surface area contributed by atoms with Crippen LogP contribution in [0.2, 0.25) is 0 Å². The van der Waals surface area contributed by atoms with E-state index in [0.29, 0.717) is 10.5 Å². The van der Waals surface area contributed by atoms with Gasteiger partial charge in [0, 0.05) is 0 Å². The van der Waals surface area contributed by atoms with Gasteiger partial charge in [0.15, 0.2) is 5.78 Å². The molecule has 1 N–H and O–H groups in total. The molecule has 0 bridgehead atoms. The summed E-state index contributed by atoms with van der Waals surface area (Å²) in [7, 11) is 0. The number of thioether (sulfide) groups is 1. The van der Waals surface area contributed by atoms with Crippen molar-refractivity contribution in [2.45, 2.75) is 6.92 Å². The summed E-state index contributed by atoms with van der Waals surface area (Å²) in [6, 6.07) is 5.60. The van der Waals surface area contributed by atoms with Gasteiger partial charge in [-0.25, -0.2) is 4.39 Å². The molecule has 1 aromatic carbocycles. The van der Waals surface area contributed by atoms with Gasteiger partial charge in [-0.1, -0.05) is 12.1 Å². The van der Waals surface area contributed by atoms with E-state index in [4.69, 9.17) is 0 Å². The predicted molar refractivity (Wildman–Crippen MR) is 67.3 cm³/mol. The second-order valence-corrected chi connectivity index (χ2v) is 4.74. The molecule has 18 heavy (non-hydrogen) atoms. The molecule has 5 heteroatoms. The SMILES string of the molecule is CC(=O)C1=C(O)/C(=C/c2ccc(F)cc2)SC1=O. The van der Waals surface area contributed by atoms with E-state index in [1.807, 2.05) is 0 Å². The van der Waals surface area contributed by atoms with Crippen LogP contribution < -0.4 is 0 Å². The summed E-state index contributed by atoms with van der Waals surface area (Å²) >= 11 is 0.793. The Balaban J connectivity index is 2.39. The molecule has 3 nitrogen and oxygen atoms in total. The van der Waals surface area contributed by atoms with Crippen molar-refractivity contribution in [3.8, 4) is 0 Å². The van der Waals surface area contributed by atoms with Crippen molar-refractivity contribution >= 4 is 28.7 Å². The first-order chi connectivity index (χ1) is 8.49. The van der Waals surface area contributed by atoms with Gasteiger partial charge in [-0.3, -0.25) is 9.59 Å². The Hall–Kier alpha value is -1.88. The van der Waals surface area contributed by atoms with Gasteiger partial charge in [-0.2, -0.15) is 0 Å². The quantitative estimate of drug-likeness (QED) is 0.834. The Morgan fingerprint density at radius 2 is 1.94 bits per heavy atom. The maximum atomic E-state index is 12.7. The Kier molecular flexibility index (Phi) is 3.34. The normalized spacial score (nSPS) is 17.7. The summed E-state index contributed by atoms with van der Waals surface area (Å²) in [5.41, 5.74) is 0.455. The van der Waals surface area contributed by atoms with Crippen LogP contribution in [0.3, 0.4) is 0 Å². The number of Topliss-reactive ketones (excluding diaryl/α,β-unsaturated/α-hetero) is 1. The fourth-order valence-corrected chi connectivity index (χ4v) is 2.47. The molecule has 92 valence electrons. The van der Waals surface area contributed by atoms with Crippen LogP contribution >= 0.6 is 11.8 Å². The van der Waals surface area contributed by atoms with E-state index in [9.17, 15) is 19.1 Å². The first-order valence-corrected chi connectivity index (χ1v) is 5.94. The average Bonchev–Trinajstić information content (AvgIpc) is 2.57. The smallest absolute Gasteiger partial charge is 0.231 e. The van der Waals surface area contributed by atoms with Crippen LogP contribution in [0.4, 0.5) is 4.39 Å². The van der Waals surface area contributed by atoms with Gasteiger partial charge in [0.2, 0.25) is 5.12 Å². The van der Waals surface area contributed by atoms with E-state index < -0.39 is 10.9 Å². The predicted octanol–water partition coefficient (Wildman–Crippen LogP) is 2.84. The number of benzene rings is 1. The standard InChI is InChI=1S/C13H9FO3S/c1-7(15)11-12(16)10(18-13(11)17)6-8-2-4-9(14)5-3-8/h2-6,16H,1H3/b10-6-. The van der Waals surface area contributed by atoms with E-state index in [-0.39, 0.29) is 17.1 Å². The average molecular weight is 264 g/mol. The van der Waals surface area contributed by atoms with Crippen LogP contribution in [-0.4, -0.2) is 16.0 Å². The molecular formula is C13H9FO3S. The van der Waals surface area contributed by atoms with E-state index in [2.05, 4.69) is 0 Å². The van der Waals surface area contributed by atoms with E-state index in [1.54, 1.807) is 0 Å². The molecule has 0 aliphatic carbocycles. The van der Waals surface area contributed by atoms with Crippen LogP contribution in [0, 0.1) is 5.82 Å². The zero-order valence-electron chi connectivity index (χ0n) is 9.44. The van der Waals surface area contributed by atoms with Gasteiger partial charge >= 0.3 is 0 Å². The van der Waals surface area contributed by atoms with Crippen LogP contribution in [0.1, 0.15) is 12.5 Å². The lowest BCUT2D eigenvalue weighted by Crippen LogP contribution is -2.03. The third-order valence-corrected chi connectivity index (χ3v) is 3.32. The van der Waals surface area contributed by atoms with Crippen LogP contribution in [0.25, 0.3) is 6.08 Å². The third-order valence-electron chi connectivity index (χ3n) is 2.40. The number of halogens is 1. The third kappa shape index (κ3) is 2.36. The summed E-state index contributed by atoms with van der Waals surface area (Å²) in [5.74, 6) is -1.13. The molecule has 1 aliphatic rings. The summed E-state index contributed by atoms with van der Waals surface area (Å²) < 4.78 is 12.7. The van der Waals surface area contributed by atoms with Gasteiger partial charge < -0.3 is 5.11 Å². The molecule has 0 aromatic heterocycles. The molecule has 1 heterocycles. The number of carbonyl (C=O) groups excluding carboxylic acids is 2. The highest BCUT2D eigenvalue weighted by molar-refractivity contribution is 8.18. The molecule has 0 radical (unpaired) electrons. The molecule has 0 atom stereocenters. The minimum absolute atomic E-state index is 0.187. The molecule has 1 aliphatic heterocycles. The van der Waals surface area contributed by atoms with Crippen molar-refractivity contribution in [3.63, 3.8) is 0 Å². The fraction of sp³-hybridized carbons (Fsp3) is 0.0769. The van der Waals surface area contributed by atoms with Crippen molar-refractivity contribution in [2.75, 3.05) is 0 Å². The highest BCUT2D eigenvalue weighted by Gasteiger charge is 2.31. The van der Waals surface area contributed by atoms with Crippen LogP contribution in [-0.2, 0) is 9.59 Å². The van der Waals surface area contributed by atoms with Crippen molar-refractivity contribution in [2.24, 2.45) is 0 Å². The van der Waals surface area contributed by atoms with Crippen molar-refractivity contribution in [1.29, 1.82) is 0 Å². The minimum atomic E-state index is -0.465. The number of hydrogen-bond acceptors (Lipinski definition) is 4. The monoisotopic (exact) mass is 264 g/mol. The number of rotatable bonds is 2. The van der Waals surface area contributed by atoms with Crippen LogP contribution in [0.15, 0.2) is 40.5 Å². The summed E-state index contributed by atoms with van der Waals surface area (Å²) in [6.07, 6.45) is 1.54. The summed E-state index contributed by atoms with van der Waals surface area (Å²) in [5, 5.41) is 9.32. The number of ketones is 1. The molecule has 0 saturated heterocycles. The van der Waals surface area contributed by atoms with Gasteiger partial charge in [-0.15, -0.1) is 0 Å². The van der Waals surface area contributed by atoms with E-state index >= 15 is 0 Å². The second-order valence-electron chi connectivity index (χ2n) is 3.73.